The molecule has 0 saturated carbocycles. The van der Waals surface area contributed by atoms with Gasteiger partial charge in [0.1, 0.15) is 0 Å². The van der Waals surface area contributed by atoms with E-state index in [1.165, 1.54) is 4.31 Å². The Hall–Kier alpha value is -1.06. The van der Waals surface area contributed by atoms with Crippen molar-refractivity contribution in [3.63, 3.8) is 0 Å². The smallest absolute Gasteiger partial charge is 0.223 e. The quantitative estimate of drug-likeness (QED) is 0.464. The van der Waals surface area contributed by atoms with Crippen LogP contribution in [0.3, 0.4) is 0 Å². The number of rotatable bonds is 9. The SMILES string of the molecule is O=C(NCCSCc1ccccc1Cl)C1CCN(S(=O)(=O)Cc2ccc(Br)cc2)CC1. The highest BCUT2D eigenvalue weighted by atomic mass is 79.9. The fourth-order valence-electron chi connectivity index (χ4n) is 3.47. The zero-order valence-electron chi connectivity index (χ0n) is 17.1. The van der Waals surface area contributed by atoms with Gasteiger partial charge >= 0.3 is 0 Å². The largest absolute Gasteiger partial charge is 0.355 e. The normalized spacial score (nSPS) is 15.7. The van der Waals surface area contributed by atoms with Gasteiger partial charge in [-0.3, -0.25) is 4.79 Å². The van der Waals surface area contributed by atoms with Gasteiger partial charge in [-0.1, -0.05) is 57.9 Å². The van der Waals surface area contributed by atoms with Crippen LogP contribution in [0, 0.1) is 5.92 Å². The molecule has 0 aromatic heterocycles. The molecule has 1 saturated heterocycles. The Labute approximate surface area is 202 Å². The first kappa shape index (κ1) is 24.6. The van der Waals surface area contributed by atoms with Crippen molar-refractivity contribution >= 4 is 55.2 Å². The molecule has 0 bridgehead atoms. The first-order valence-electron chi connectivity index (χ1n) is 10.2. The molecule has 2 aromatic carbocycles. The predicted molar refractivity (Wildman–Crippen MR) is 132 cm³/mol. The van der Waals surface area contributed by atoms with E-state index in [0.717, 1.165) is 32.1 Å². The Morgan fingerprint density at radius 2 is 1.81 bits per heavy atom. The summed E-state index contributed by atoms with van der Waals surface area (Å²) in [4.78, 5) is 12.5. The second-order valence-corrected chi connectivity index (χ2v) is 11.9. The molecule has 5 nitrogen and oxygen atoms in total. The Kier molecular flexibility index (Phi) is 9.28. The molecule has 168 valence electrons. The molecule has 2 aromatic rings. The first-order chi connectivity index (χ1) is 14.8. The van der Waals surface area contributed by atoms with Crippen molar-refractivity contribution in [1.29, 1.82) is 0 Å². The van der Waals surface area contributed by atoms with E-state index in [1.54, 1.807) is 11.8 Å². The van der Waals surface area contributed by atoms with Crippen LogP contribution in [-0.2, 0) is 26.3 Å². The molecule has 1 aliphatic heterocycles. The lowest BCUT2D eigenvalue weighted by molar-refractivity contribution is -0.125. The number of piperidine rings is 1. The van der Waals surface area contributed by atoms with Gasteiger partial charge in [-0.25, -0.2) is 12.7 Å². The van der Waals surface area contributed by atoms with Crippen molar-refractivity contribution in [3.8, 4) is 0 Å². The summed E-state index contributed by atoms with van der Waals surface area (Å²) >= 11 is 11.2. The van der Waals surface area contributed by atoms with E-state index in [1.807, 2.05) is 48.5 Å². The molecule has 0 unspecified atom stereocenters. The maximum atomic E-state index is 12.7. The van der Waals surface area contributed by atoms with E-state index in [9.17, 15) is 13.2 Å². The van der Waals surface area contributed by atoms with Gasteiger partial charge in [-0.2, -0.15) is 11.8 Å². The molecule has 1 aliphatic rings. The van der Waals surface area contributed by atoms with Crippen LogP contribution in [0.1, 0.15) is 24.0 Å². The minimum atomic E-state index is -3.38. The number of hydrogen-bond donors (Lipinski definition) is 1. The van der Waals surface area contributed by atoms with Gasteiger partial charge < -0.3 is 5.32 Å². The summed E-state index contributed by atoms with van der Waals surface area (Å²) in [5.41, 5.74) is 1.86. The highest BCUT2D eigenvalue weighted by Crippen LogP contribution is 2.23. The van der Waals surface area contributed by atoms with Gasteiger partial charge in [-0.05, 0) is 42.2 Å². The third-order valence-electron chi connectivity index (χ3n) is 5.24. The number of amides is 1. The molecule has 31 heavy (non-hydrogen) atoms. The van der Waals surface area contributed by atoms with Crippen LogP contribution in [0.5, 0.6) is 0 Å². The van der Waals surface area contributed by atoms with E-state index in [0.29, 0.717) is 32.5 Å². The van der Waals surface area contributed by atoms with Crippen LogP contribution in [0.25, 0.3) is 0 Å². The number of nitrogens with zero attached hydrogens (tertiary/aromatic N) is 1. The molecule has 1 N–H and O–H groups in total. The van der Waals surface area contributed by atoms with Crippen molar-refractivity contribution in [1.82, 2.24) is 9.62 Å². The van der Waals surface area contributed by atoms with Crippen LogP contribution in [0.4, 0.5) is 0 Å². The van der Waals surface area contributed by atoms with Crippen LogP contribution in [0.2, 0.25) is 5.02 Å². The monoisotopic (exact) mass is 544 g/mol. The minimum Gasteiger partial charge on any atom is -0.355 e. The lowest BCUT2D eigenvalue weighted by Crippen LogP contribution is -2.43. The van der Waals surface area contributed by atoms with Crippen molar-refractivity contribution in [2.75, 3.05) is 25.4 Å². The van der Waals surface area contributed by atoms with E-state index in [2.05, 4.69) is 21.2 Å². The molecule has 0 radical (unpaired) electrons. The highest BCUT2D eigenvalue weighted by molar-refractivity contribution is 9.10. The Balaban J connectivity index is 1.37. The van der Waals surface area contributed by atoms with Gasteiger partial charge in [0.15, 0.2) is 0 Å². The minimum absolute atomic E-state index is 0.0141. The van der Waals surface area contributed by atoms with Crippen molar-refractivity contribution in [2.24, 2.45) is 5.92 Å². The molecule has 0 atom stereocenters. The summed E-state index contributed by atoms with van der Waals surface area (Å²) in [5.74, 6) is 1.48. The predicted octanol–water partition coefficient (Wildman–Crippen LogP) is 4.69. The molecule has 0 spiro atoms. The maximum Gasteiger partial charge on any atom is 0.223 e. The number of benzene rings is 2. The highest BCUT2D eigenvalue weighted by Gasteiger charge is 2.31. The molecule has 1 fully saturated rings. The molecular formula is C22H26BrClN2O3S2. The summed E-state index contributed by atoms with van der Waals surface area (Å²) in [7, 11) is -3.38. The van der Waals surface area contributed by atoms with E-state index < -0.39 is 10.0 Å². The van der Waals surface area contributed by atoms with Crippen LogP contribution >= 0.6 is 39.3 Å². The topological polar surface area (TPSA) is 66.5 Å². The maximum absolute atomic E-state index is 12.7. The standard InChI is InChI=1S/C22H26BrClN2O3S2/c23-20-7-5-17(6-8-20)16-31(28,29)26-12-9-18(10-13-26)22(27)25-11-14-30-15-19-3-1-2-4-21(19)24/h1-8,18H,9-16H2,(H,25,27). The van der Waals surface area contributed by atoms with Crippen molar-refractivity contribution in [2.45, 2.75) is 24.3 Å². The number of carbonyl (C=O) groups is 1. The second-order valence-electron chi connectivity index (χ2n) is 7.49. The number of thioether (sulfide) groups is 1. The molecule has 1 amide bonds. The van der Waals surface area contributed by atoms with Crippen molar-refractivity contribution < 1.29 is 13.2 Å². The number of sulfonamides is 1. The lowest BCUT2D eigenvalue weighted by Gasteiger charge is -2.30. The average Bonchev–Trinajstić information content (AvgIpc) is 2.76. The Bertz CT molecular complexity index is 979. The van der Waals surface area contributed by atoms with Crippen LogP contribution in [-0.4, -0.2) is 44.0 Å². The molecule has 0 aliphatic carbocycles. The van der Waals surface area contributed by atoms with Gasteiger partial charge in [0.2, 0.25) is 15.9 Å². The first-order valence-corrected chi connectivity index (χ1v) is 14.1. The Morgan fingerprint density at radius 1 is 1.13 bits per heavy atom. The van der Waals surface area contributed by atoms with Gasteiger partial charge in [0.25, 0.3) is 0 Å². The zero-order valence-corrected chi connectivity index (χ0v) is 21.1. The molecular weight excluding hydrogens is 520 g/mol. The average molecular weight is 546 g/mol. The summed E-state index contributed by atoms with van der Waals surface area (Å²) in [6.07, 6.45) is 1.11. The van der Waals surface area contributed by atoms with Crippen LogP contribution in [0.15, 0.2) is 53.0 Å². The van der Waals surface area contributed by atoms with E-state index in [4.69, 9.17) is 11.6 Å². The third kappa shape index (κ3) is 7.49. The summed E-state index contributed by atoms with van der Waals surface area (Å²) in [6.45, 7) is 1.37. The summed E-state index contributed by atoms with van der Waals surface area (Å²) in [6, 6.07) is 15.1. The van der Waals surface area contributed by atoms with Crippen molar-refractivity contribution in [3.05, 3.63) is 69.2 Å². The number of carbonyl (C=O) groups excluding carboxylic acids is 1. The second kappa shape index (κ2) is 11.7. The van der Waals surface area contributed by atoms with E-state index in [-0.39, 0.29) is 17.6 Å². The summed E-state index contributed by atoms with van der Waals surface area (Å²) in [5, 5.41) is 3.75. The molecule has 9 heteroatoms. The van der Waals surface area contributed by atoms with Gasteiger partial charge in [0.05, 0.1) is 5.75 Å². The zero-order chi connectivity index (χ0) is 22.3. The fraction of sp³-hybridized carbons (Fsp3) is 0.409. The van der Waals surface area contributed by atoms with E-state index >= 15 is 0 Å². The van der Waals surface area contributed by atoms with Gasteiger partial charge in [0, 0.05) is 46.6 Å². The van der Waals surface area contributed by atoms with Gasteiger partial charge in [-0.15, -0.1) is 0 Å². The number of hydrogen-bond acceptors (Lipinski definition) is 4. The lowest BCUT2D eigenvalue weighted by atomic mass is 9.97. The fourth-order valence-corrected chi connectivity index (χ4v) is 6.44. The molecule has 3 rings (SSSR count). The number of nitrogens with one attached hydrogen (secondary N) is 1. The number of halogens is 2. The summed E-state index contributed by atoms with van der Waals surface area (Å²) < 4.78 is 27.8. The third-order valence-corrected chi connectivity index (χ3v) is 9.00. The van der Waals surface area contributed by atoms with Crippen LogP contribution < -0.4 is 5.32 Å². The molecule has 1 heterocycles. The Morgan fingerprint density at radius 3 is 2.48 bits per heavy atom.